The SMILES string of the molecule is c1ccc2cc(OC[C@H]3CCCNC3)ccc2c1. The highest BCUT2D eigenvalue weighted by Crippen LogP contribution is 2.21. The molecule has 1 fully saturated rings. The van der Waals surface area contributed by atoms with Crippen LogP contribution < -0.4 is 10.1 Å². The second-order valence-corrected chi connectivity index (χ2v) is 5.03. The number of hydrogen-bond donors (Lipinski definition) is 1. The van der Waals surface area contributed by atoms with E-state index in [0.29, 0.717) is 5.92 Å². The smallest absolute Gasteiger partial charge is 0.119 e. The largest absolute Gasteiger partial charge is 0.493 e. The summed E-state index contributed by atoms with van der Waals surface area (Å²) in [5.74, 6) is 1.64. The summed E-state index contributed by atoms with van der Waals surface area (Å²) in [7, 11) is 0. The normalized spacial score (nSPS) is 19.9. The van der Waals surface area contributed by atoms with Crippen LogP contribution in [0.4, 0.5) is 0 Å². The van der Waals surface area contributed by atoms with Crippen LogP contribution in [0.15, 0.2) is 42.5 Å². The molecule has 0 unspecified atom stereocenters. The van der Waals surface area contributed by atoms with Gasteiger partial charge >= 0.3 is 0 Å². The number of piperidine rings is 1. The van der Waals surface area contributed by atoms with Gasteiger partial charge in [-0.1, -0.05) is 30.3 Å². The van der Waals surface area contributed by atoms with Crippen molar-refractivity contribution in [2.24, 2.45) is 5.92 Å². The first-order valence-corrected chi connectivity index (χ1v) is 6.74. The molecule has 2 nitrogen and oxygen atoms in total. The molecule has 2 aromatic carbocycles. The third kappa shape index (κ3) is 2.65. The van der Waals surface area contributed by atoms with Crippen molar-refractivity contribution in [3.05, 3.63) is 42.5 Å². The molecule has 0 spiro atoms. The number of fused-ring (bicyclic) bond motifs is 1. The first-order valence-electron chi connectivity index (χ1n) is 6.74. The first kappa shape index (κ1) is 11.5. The first-order chi connectivity index (χ1) is 8.92. The Balaban J connectivity index is 1.66. The van der Waals surface area contributed by atoms with Crippen LogP contribution >= 0.6 is 0 Å². The summed E-state index contributed by atoms with van der Waals surface area (Å²) in [5, 5.41) is 5.94. The van der Waals surface area contributed by atoms with Gasteiger partial charge in [0.1, 0.15) is 5.75 Å². The molecule has 1 atom stereocenters. The predicted octanol–water partition coefficient (Wildman–Crippen LogP) is 3.22. The van der Waals surface area contributed by atoms with E-state index in [-0.39, 0.29) is 0 Å². The summed E-state index contributed by atoms with van der Waals surface area (Å²) in [5.41, 5.74) is 0. The Morgan fingerprint density at radius 1 is 1.11 bits per heavy atom. The minimum Gasteiger partial charge on any atom is -0.493 e. The third-order valence-electron chi connectivity index (χ3n) is 3.61. The lowest BCUT2D eigenvalue weighted by atomic mass is 10.0. The summed E-state index contributed by atoms with van der Waals surface area (Å²) in [6.07, 6.45) is 2.55. The van der Waals surface area contributed by atoms with Crippen LogP contribution in [0.3, 0.4) is 0 Å². The van der Waals surface area contributed by atoms with Gasteiger partial charge in [-0.05, 0) is 42.3 Å². The minimum atomic E-state index is 0.658. The van der Waals surface area contributed by atoms with Crippen molar-refractivity contribution in [1.82, 2.24) is 5.32 Å². The highest BCUT2D eigenvalue weighted by Gasteiger charge is 2.13. The van der Waals surface area contributed by atoms with Gasteiger partial charge in [-0.25, -0.2) is 0 Å². The quantitative estimate of drug-likeness (QED) is 0.891. The van der Waals surface area contributed by atoms with Crippen molar-refractivity contribution in [1.29, 1.82) is 0 Å². The fourth-order valence-electron chi connectivity index (χ4n) is 2.54. The fraction of sp³-hybridized carbons (Fsp3) is 0.375. The second kappa shape index (κ2) is 5.40. The zero-order valence-electron chi connectivity index (χ0n) is 10.6. The Bertz CT molecular complexity index is 517. The molecule has 1 aliphatic rings. The molecular formula is C16H19NO. The molecule has 1 N–H and O–H groups in total. The second-order valence-electron chi connectivity index (χ2n) is 5.03. The number of rotatable bonds is 3. The molecule has 94 valence electrons. The van der Waals surface area contributed by atoms with Crippen molar-refractivity contribution in [3.63, 3.8) is 0 Å². The van der Waals surface area contributed by atoms with Crippen LogP contribution in [0.5, 0.6) is 5.75 Å². The Hall–Kier alpha value is -1.54. The third-order valence-corrected chi connectivity index (χ3v) is 3.61. The maximum Gasteiger partial charge on any atom is 0.119 e. The lowest BCUT2D eigenvalue weighted by Gasteiger charge is -2.22. The van der Waals surface area contributed by atoms with Gasteiger partial charge in [-0.3, -0.25) is 0 Å². The van der Waals surface area contributed by atoms with Crippen LogP contribution in [-0.2, 0) is 0 Å². The number of ether oxygens (including phenoxy) is 1. The average molecular weight is 241 g/mol. The maximum atomic E-state index is 5.91. The van der Waals surface area contributed by atoms with Gasteiger partial charge in [-0.2, -0.15) is 0 Å². The standard InChI is InChI=1S/C16H19NO/c1-2-6-15-10-16(8-7-14(15)5-1)18-12-13-4-3-9-17-11-13/h1-2,5-8,10,13,17H,3-4,9,11-12H2/t13-/m0/s1. The summed E-state index contributed by atoms with van der Waals surface area (Å²) in [6, 6.07) is 14.7. The van der Waals surface area contributed by atoms with Crippen molar-refractivity contribution >= 4 is 10.8 Å². The predicted molar refractivity (Wildman–Crippen MR) is 75.0 cm³/mol. The van der Waals surface area contributed by atoms with E-state index in [1.54, 1.807) is 0 Å². The molecule has 0 bridgehead atoms. The molecule has 0 radical (unpaired) electrons. The minimum absolute atomic E-state index is 0.658. The van der Waals surface area contributed by atoms with Crippen molar-refractivity contribution in [2.75, 3.05) is 19.7 Å². The highest BCUT2D eigenvalue weighted by atomic mass is 16.5. The molecule has 0 amide bonds. The van der Waals surface area contributed by atoms with E-state index in [0.717, 1.165) is 25.4 Å². The molecule has 1 heterocycles. The van der Waals surface area contributed by atoms with Gasteiger partial charge in [0.2, 0.25) is 0 Å². The lowest BCUT2D eigenvalue weighted by Crippen LogP contribution is -2.33. The lowest BCUT2D eigenvalue weighted by molar-refractivity contribution is 0.218. The van der Waals surface area contributed by atoms with Gasteiger partial charge in [0, 0.05) is 12.5 Å². The van der Waals surface area contributed by atoms with E-state index >= 15 is 0 Å². The van der Waals surface area contributed by atoms with Crippen molar-refractivity contribution in [2.45, 2.75) is 12.8 Å². The van der Waals surface area contributed by atoms with Gasteiger partial charge < -0.3 is 10.1 Å². The van der Waals surface area contributed by atoms with Crippen LogP contribution in [0.25, 0.3) is 10.8 Å². The molecular weight excluding hydrogens is 222 g/mol. The Morgan fingerprint density at radius 3 is 2.83 bits per heavy atom. The van der Waals surface area contributed by atoms with Gasteiger partial charge in [0.25, 0.3) is 0 Å². The van der Waals surface area contributed by atoms with Gasteiger partial charge in [-0.15, -0.1) is 0 Å². The van der Waals surface area contributed by atoms with Gasteiger partial charge in [0.05, 0.1) is 6.61 Å². The highest BCUT2D eigenvalue weighted by molar-refractivity contribution is 5.83. The van der Waals surface area contributed by atoms with E-state index in [9.17, 15) is 0 Å². The van der Waals surface area contributed by atoms with E-state index < -0.39 is 0 Å². The summed E-state index contributed by atoms with van der Waals surface area (Å²) < 4.78 is 5.91. The molecule has 2 heteroatoms. The van der Waals surface area contributed by atoms with E-state index in [4.69, 9.17) is 4.74 Å². The van der Waals surface area contributed by atoms with E-state index in [1.807, 2.05) is 0 Å². The maximum absolute atomic E-state index is 5.91. The molecule has 18 heavy (non-hydrogen) atoms. The Kier molecular flexibility index (Phi) is 3.47. The zero-order valence-corrected chi connectivity index (χ0v) is 10.6. The monoisotopic (exact) mass is 241 g/mol. The zero-order chi connectivity index (χ0) is 12.2. The molecule has 0 aromatic heterocycles. The van der Waals surface area contributed by atoms with E-state index in [1.165, 1.54) is 23.6 Å². The van der Waals surface area contributed by atoms with Crippen LogP contribution in [0.2, 0.25) is 0 Å². The van der Waals surface area contributed by atoms with Crippen LogP contribution in [0.1, 0.15) is 12.8 Å². The molecule has 3 rings (SSSR count). The number of benzene rings is 2. The molecule has 0 saturated carbocycles. The summed E-state index contributed by atoms with van der Waals surface area (Å²) in [4.78, 5) is 0. The van der Waals surface area contributed by atoms with Gasteiger partial charge in [0.15, 0.2) is 0 Å². The molecule has 1 aliphatic heterocycles. The molecule has 1 saturated heterocycles. The van der Waals surface area contributed by atoms with Crippen molar-refractivity contribution in [3.8, 4) is 5.75 Å². The Labute approximate surface area is 108 Å². The number of nitrogens with one attached hydrogen (secondary N) is 1. The average Bonchev–Trinajstić information content (AvgIpc) is 2.46. The van der Waals surface area contributed by atoms with Crippen LogP contribution in [0, 0.1) is 5.92 Å². The fourth-order valence-corrected chi connectivity index (χ4v) is 2.54. The molecule has 0 aliphatic carbocycles. The molecule has 2 aromatic rings. The van der Waals surface area contributed by atoms with E-state index in [2.05, 4.69) is 47.8 Å². The van der Waals surface area contributed by atoms with Crippen molar-refractivity contribution < 1.29 is 4.74 Å². The number of hydrogen-bond acceptors (Lipinski definition) is 2. The summed E-state index contributed by atoms with van der Waals surface area (Å²) >= 11 is 0. The van der Waals surface area contributed by atoms with Crippen LogP contribution in [-0.4, -0.2) is 19.7 Å². The Morgan fingerprint density at radius 2 is 2.00 bits per heavy atom. The summed E-state index contributed by atoms with van der Waals surface area (Å²) in [6.45, 7) is 3.07. The topological polar surface area (TPSA) is 21.3 Å².